The minimum Gasteiger partial charge on any atom is -0.352 e. The maximum Gasteiger partial charge on any atom is 0.226 e. The van der Waals surface area contributed by atoms with Crippen molar-refractivity contribution in [2.75, 3.05) is 11.9 Å². The number of nitrogens with zero attached hydrogens (tertiary/aromatic N) is 3. The van der Waals surface area contributed by atoms with Gasteiger partial charge in [-0.1, -0.05) is 49.4 Å². The minimum absolute atomic E-state index is 0.0398. The fourth-order valence-corrected chi connectivity index (χ4v) is 6.04. The molecule has 2 atom stereocenters. The summed E-state index contributed by atoms with van der Waals surface area (Å²) in [7, 11) is 0. The van der Waals surface area contributed by atoms with Gasteiger partial charge in [-0.25, -0.2) is 0 Å². The Hall–Kier alpha value is -3.97. The molecule has 3 heterocycles. The van der Waals surface area contributed by atoms with Gasteiger partial charge in [0.2, 0.25) is 5.91 Å². The van der Waals surface area contributed by atoms with E-state index in [0.29, 0.717) is 18.1 Å². The molecule has 2 aromatic heterocycles. The van der Waals surface area contributed by atoms with Crippen LogP contribution in [-0.2, 0) is 11.2 Å². The van der Waals surface area contributed by atoms with Crippen LogP contribution in [0.3, 0.4) is 0 Å². The predicted molar refractivity (Wildman–Crippen MR) is 161 cm³/mol. The molecule has 5 rings (SSSR count). The highest BCUT2D eigenvalue weighted by Gasteiger charge is 2.41. The molecule has 0 aliphatic carbocycles. The Kier molecular flexibility index (Phi) is 7.79. The molecule has 0 spiro atoms. The number of anilines is 1. The lowest BCUT2D eigenvalue weighted by Crippen LogP contribution is -2.32. The lowest BCUT2D eigenvalue weighted by atomic mass is 9.96. The maximum absolute atomic E-state index is 12.9. The molecular formula is C32H35N5OS. The molecule has 1 amide bonds. The summed E-state index contributed by atoms with van der Waals surface area (Å²) < 4.78 is 2.38. The molecule has 4 aromatic rings. The van der Waals surface area contributed by atoms with Crippen molar-refractivity contribution in [2.45, 2.75) is 52.6 Å². The van der Waals surface area contributed by atoms with Gasteiger partial charge in [0.05, 0.1) is 23.5 Å². The van der Waals surface area contributed by atoms with E-state index in [2.05, 4.69) is 77.0 Å². The van der Waals surface area contributed by atoms with Crippen molar-refractivity contribution in [2.24, 2.45) is 0 Å². The molecule has 1 saturated heterocycles. The fourth-order valence-electron chi connectivity index (χ4n) is 5.71. The van der Waals surface area contributed by atoms with Crippen molar-refractivity contribution in [3.8, 4) is 5.69 Å². The van der Waals surface area contributed by atoms with E-state index >= 15 is 0 Å². The summed E-state index contributed by atoms with van der Waals surface area (Å²) >= 11 is 5.86. The topological polar surface area (TPSA) is 62.2 Å². The summed E-state index contributed by atoms with van der Waals surface area (Å²) in [5, 5.41) is 7.16. The highest BCUT2D eigenvalue weighted by Crippen LogP contribution is 2.42. The van der Waals surface area contributed by atoms with Gasteiger partial charge in [0.1, 0.15) is 0 Å². The molecule has 0 radical (unpaired) electrons. The van der Waals surface area contributed by atoms with E-state index in [9.17, 15) is 4.79 Å². The maximum atomic E-state index is 12.9. The van der Waals surface area contributed by atoms with Crippen LogP contribution in [0.2, 0.25) is 0 Å². The van der Waals surface area contributed by atoms with Gasteiger partial charge in [0, 0.05) is 36.2 Å². The minimum atomic E-state index is -0.132. The Bertz CT molecular complexity index is 1480. The van der Waals surface area contributed by atoms with E-state index < -0.39 is 0 Å². The number of aryl methyl sites for hydroxylation is 3. The zero-order chi connectivity index (χ0) is 27.5. The molecule has 6 nitrogen and oxygen atoms in total. The van der Waals surface area contributed by atoms with Gasteiger partial charge in [-0.3, -0.25) is 9.78 Å². The number of rotatable bonds is 8. The lowest BCUT2D eigenvalue weighted by Gasteiger charge is -2.28. The molecule has 7 heteroatoms. The van der Waals surface area contributed by atoms with E-state index in [1.807, 2.05) is 54.7 Å². The first-order valence-corrected chi connectivity index (χ1v) is 13.9. The molecule has 0 saturated carbocycles. The van der Waals surface area contributed by atoms with Gasteiger partial charge in [0.25, 0.3) is 0 Å². The van der Waals surface area contributed by atoms with E-state index in [4.69, 9.17) is 12.2 Å². The van der Waals surface area contributed by atoms with Crippen molar-refractivity contribution in [1.82, 2.24) is 19.8 Å². The lowest BCUT2D eigenvalue weighted by molar-refractivity contribution is -0.116. The van der Waals surface area contributed by atoms with Gasteiger partial charge in [-0.15, -0.1) is 0 Å². The molecule has 2 aromatic carbocycles. The predicted octanol–water partition coefficient (Wildman–Crippen LogP) is 6.36. The number of amides is 1. The van der Waals surface area contributed by atoms with Gasteiger partial charge in [0.15, 0.2) is 5.11 Å². The summed E-state index contributed by atoms with van der Waals surface area (Å²) in [6.45, 7) is 9.22. The average Bonchev–Trinajstić information content (AvgIpc) is 3.42. The second-order valence-corrected chi connectivity index (χ2v) is 10.5. The third-order valence-electron chi connectivity index (χ3n) is 7.55. The Morgan fingerprint density at radius 3 is 2.51 bits per heavy atom. The average molecular weight is 538 g/mol. The Labute approximate surface area is 236 Å². The van der Waals surface area contributed by atoms with Crippen LogP contribution < -0.4 is 10.6 Å². The third-order valence-corrected chi connectivity index (χ3v) is 7.90. The van der Waals surface area contributed by atoms with Gasteiger partial charge in [-0.05, 0) is 86.4 Å². The summed E-state index contributed by atoms with van der Waals surface area (Å²) in [6.07, 6.45) is 3.09. The number of aromatic nitrogens is 2. The quantitative estimate of drug-likeness (QED) is 0.256. The largest absolute Gasteiger partial charge is 0.352 e. The first kappa shape index (κ1) is 26.6. The summed E-state index contributed by atoms with van der Waals surface area (Å²) in [5.74, 6) is -0.0398. The molecule has 2 N–H and O–H groups in total. The van der Waals surface area contributed by atoms with Crippen molar-refractivity contribution in [3.63, 3.8) is 0 Å². The second kappa shape index (κ2) is 11.4. The van der Waals surface area contributed by atoms with Crippen molar-refractivity contribution < 1.29 is 4.79 Å². The molecule has 0 unspecified atom stereocenters. The van der Waals surface area contributed by atoms with Crippen LogP contribution in [0.25, 0.3) is 5.69 Å². The van der Waals surface area contributed by atoms with Crippen LogP contribution in [0.15, 0.2) is 79.0 Å². The first-order valence-electron chi connectivity index (χ1n) is 13.5. The van der Waals surface area contributed by atoms with E-state index in [1.165, 1.54) is 33.8 Å². The summed E-state index contributed by atoms with van der Waals surface area (Å²) in [6, 6.07) is 24.1. The van der Waals surface area contributed by atoms with Crippen LogP contribution in [0.5, 0.6) is 0 Å². The van der Waals surface area contributed by atoms with Crippen molar-refractivity contribution in [3.05, 3.63) is 113 Å². The van der Waals surface area contributed by atoms with Crippen LogP contribution >= 0.6 is 12.2 Å². The standard InChI is InChI=1S/C32H35N5OS/c1-5-24-13-11-12-21(2)30(24)37-22(3)20-26(23(37)4)31-29(27-16-9-10-18-33-27)35-32(39)36(31)19-17-28(38)34-25-14-7-6-8-15-25/h6-16,18,20,29,31H,5,17,19H2,1-4H3,(H,34,38)(H,35,39)/t29-,31-/m1/s1. The SMILES string of the molecule is CCc1cccc(C)c1-n1c(C)cc([C@@H]2[C@@H](c3ccccn3)NC(=S)N2CCC(=O)Nc2ccccc2)c1C. The number of hydrogen-bond acceptors (Lipinski definition) is 3. The van der Waals surface area contributed by atoms with Crippen molar-refractivity contribution >= 4 is 28.9 Å². The van der Waals surface area contributed by atoms with Gasteiger partial charge >= 0.3 is 0 Å². The molecule has 0 bridgehead atoms. The highest BCUT2D eigenvalue weighted by atomic mass is 32.1. The van der Waals surface area contributed by atoms with E-state index in [-0.39, 0.29) is 18.0 Å². The van der Waals surface area contributed by atoms with E-state index in [1.54, 1.807) is 0 Å². The number of para-hydroxylation sites is 2. The molecule has 1 fully saturated rings. The molecular weight excluding hydrogens is 502 g/mol. The number of nitrogens with one attached hydrogen (secondary N) is 2. The number of carbonyl (C=O) groups excluding carboxylic acids is 1. The zero-order valence-corrected chi connectivity index (χ0v) is 23.8. The normalized spacial score (nSPS) is 16.8. The van der Waals surface area contributed by atoms with Crippen LogP contribution in [0.4, 0.5) is 5.69 Å². The summed E-state index contributed by atoms with van der Waals surface area (Å²) in [5.41, 5.74) is 9.07. The number of thiocarbonyl (C=S) groups is 1. The van der Waals surface area contributed by atoms with E-state index in [0.717, 1.165) is 17.8 Å². The number of hydrogen-bond donors (Lipinski definition) is 2. The van der Waals surface area contributed by atoms with Crippen LogP contribution in [0, 0.1) is 20.8 Å². The number of carbonyl (C=O) groups is 1. The van der Waals surface area contributed by atoms with Gasteiger partial charge in [-0.2, -0.15) is 0 Å². The van der Waals surface area contributed by atoms with Crippen LogP contribution in [-0.4, -0.2) is 32.0 Å². The zero-order valence-electron chi connectivity index (χ0n) is 22.9. The second-order valence-electron chi connectivity index (χ2n) is 10.1. The van der Waals surface area contributed by atoms with Crippen LogP contribution in [0.1, 0.15) is 59.2 Å². The Morgan fingerprint density at radius 2 is 1.79 bits per heavy atom. The molecule has 39 heavy (non-hydrogen) atoms. The summed E-state index contributed by atoms with van der Waals surface area (Å²) in [4.78, 5) is 19.7. The van der Waals surface area contributed by atoms with Gasteiger partial charge < -0.3 is 20.1 Å². The fraction of sp³-hybridized carbons (Fsp3) is 0.281. The molecule has 1 aliphatic rings. The highest BCUT2D eigenvalue weighted by molar-refractivity contribution is 7.80. The number of pyridine rings is 1. The first-order chi connectivity index (χ1) is 18.9. The molecule has 200 valence electrons. The van der Waals surface area contributed by atoms with Crippen molar-refractivity contribution in [1.29, 1.82) is 0 Å². The smallest absolute Gasteiger partial charge is 0.226 e. The third kappa shape index (κ3) is 5.32. The Balaban J connectivity index is 1.52. The monoisotopic (exact) mass is 537 g/mol. The molecule has 1 aliphatic heterocycles. The number of benzene rings is 2. The Morgan fingerprint density at radius 1 is 1.03 bits per heavy atom.